The van der Waals surface area contributed by atoms with Crippen LogP contribution >= 0.6 is 11.3 Å². The summed E-state index contributed by atoms with van der Waals surface area (Å²) in [6.45, 7) is 5.01. The Bertz CT molecular complexity index is 1570. The molecule has 5 rings (SSSR count). The number of carbonyl (C=O) groups is 2. The van der Waals surface area contributed by atoms with Crippen molar-refractivity contribution in [2.45, 2.75) is 57.8 Å². The minimum atomic E-state index is -0.819. The largest absolute Gasteiger partial charge is 0.497 e. The lowest BCUT2D eigenvalue weighted by Crippen LogP contribution is -2.42. The van der Waals surface area contributed by atoms with Crippen LogP contribution in [-0.4, -0.2) is 52.6 Å². The number of carbonyl (C=O) groups excluding carboxylic acids is 2. The number of likely N-dealkylation sites (tertiary alicyclic amines) is 1. The van der Waals surface area contributed by atoms with Crippen molar-refractivity contribution in [2.24, 2.45) is 0 Å². The number of hydrogen-bond acceptors (Lipinski definition) is 7. The average molecular weight is 599 g/mol. The summed E-state index contributed by atoms with van der Waals surface area (Å²) in [6, 6.07) is 22.0. The highest BCUT2D eigenvalue weighted by Crippen LogP contribution is 2.35. The molecule has 1 aromatic heterocycles. The molecule has 0 spiro atoms. The van der Waals surface area contributed by atoms with Crippen LogP contribution in [0.1, 0.15) is 68.4 Å². The molecule has 0 bridgehead atoms. The van der Waals surface area contributed by atoms with Crippen molar-refractivity contribution < 1.29 is 19.4 Å². The number of thiazole rings is 1. The number of benzene rings is 3. The molecule has 1 saturated heterocycles. The number of aryl methyl sites for hydroxylation is 1. The Kier molecular flexibility index (Phi) is 9.74. The summed E-state index contributed by atoms with van der Waals surface area (Å²) >= 11 is 1.58. The van der Waals surface area contributed by atoms with E-state index in [4.69, 9.17) is 4.74 Å². The molecule has 9 heteroatoms. The summed E-state index contributed by atoms with van der Waals surface area (Å²) in [5.74, 6) is 0.365. The van der Waals surface area contributed by atoms with Crippen LogP contribution < -0.4 is 15.4 Å². The zero-order chi connectivity index (χ0) is 30.3. The first kappa shape index (κ1) is 30.3. The molecule has 0 radical (unpaired) electrons. The van der Waals surface area contributed by atoms with Gasteiger partial charge in [-0.1, -0.05) is 36.4 Å². The van der Waals surface area contributed by atoms with E-state index in [1.165, 1.54) is 0 Å². The molecule has 8 nitrogen and oxygen atoms in total. The van der Waals surface area contributed by atoms with Crippen LogP contribution in [0.15, 0.2) is 78.2 Å². The number of rotatable bonds is 11. The Morgan fingerprint density at radius 3 is 2.67 bits per heavy atom. The third kappa shape index (κ3) is 7.42. The number of para-hydroxylation sites is 1. The average Bonchev–Trinajstić information content (AvgIpc) is 3.69. The summed E-state index contributed by atoms with van der Waals surface area (Å²) in [4.78, 5) is 33.1. The molecule has 3 atom stereocenters. The topological polar surface area (TPSA) is 104 Å². The van der Waals surface area contributed by atoms with E-state index in [0.717, 1.165) is 46.1 Å². The molecule has 3 N–H and O–H groups in total. The van der Waals surface area contributed by atoms with Crippen LogP contribution in [-0.2, 0) is 13.0 Å². The van der Waals surface area contributed by atoms with E-state index in [1.54, 1.807) is 49.6 Å². The van der Waals surface area contributed by atoms with E-state index in [2.05, 4.69) is 15.6 Å². The quantitative estimate of drug-likeness (QED) is 0.203. The summed E-state index contributed by atoms with van der Waals surface area (Å²) < 4.78 is 5.32. The lowest BCUT2D eigenvalue weighted by molar-refractivity contribution is 0.0735. The molecule has 4 aromatic rings. The monoisotopic (exact) mass is 598 g/mol. The second kappa shape index (κ2) is 13.8. The Morgan fingerprint density at radius 2 is 1.88 bits per heavy atom. The van der Waals surface area contributed by atoms with Gasteiger partial charge in [0.15, 0.2) is 0 Å². The molecule has 43 heavy (non-hydrogen) atoms. The van der Waals surface area contributed by atoms with Crippen molar-refractivity contribution in [3.8, 4) is 5.75 Å². The molecule has 224 valence electrons. The fourth-order valence-corrected chi connectivity index (χ4v) is 6.33. The first-order valence-electron chi connectivity index (χ1n) is 14.6. The van der Waals surface area contributed by atoms with Gasteiger partial charge in [-0.15, -0.1) is 11.3 Å². The molecule has 1 aliphatic heterocycles. The summed E-state index contributed by atoms with van der Waals surface area (Å²) in [5, 5.41) is 20.4. The van der Waals surface area contributed by atoms with Crippen LogP contribution in [0.2, 0.25) is 0 Å². The summed E-state index contributed by atoms with van der Waals surface area (Å²) in [5.41, 5.74) is 4.75. The van der Waals surface area contributed by atoms with Crippen molar-refractivity contribution in [3.63, 3.8) is 0 Å². The normalized spacial score (nSPS) is 16.0. The number of aliphatic hydroxyl groups is 1. The maximum absolute atomic E-state index is 13.5. The SMILES string of the molecule is COc1cccc(CNc2ccccc2C[C@@H](O)[C@H](C)NC(=O)c2cccc(C(=O)N3CCC[C@@H]3c3nc(C)cs3)c2)c1. The summed E-state index contributed by atoms with van der Waals surface area (Å²) in [7, 11) is 1.65. The number of methoxy groups -OCH3 is 1. The van der Waals surface area contributed by atoms with Crippen LogP contribution in [0.25, 0.3) is 0 Å². The highest BCUT2D eigenvalue weighted by Gasteiger charge is 2.32. The van der Waals surface area contributed by atoms with E-state index in [0.29, 0.717) is 30.6 Å². The molecule has 1 aliphatic rings. The second-order valence-corrected chi connectivity index (χ2v) is 11.9. The number of aromatic nitrogens is 1. The predicted octanol–water partition coefficient (Wildman–Crippen LogP) is 5.77. The molecular formula is C34H38N4O4S. The Labute approximate surface area is 256 Å². The second-order valence-electron chi connectivity index (χ2n) is 11.0. The lowest BCUT2D eigenvalue weighted by atomic mass is 10.0. The van der Waals surface area contributed by atoms with Crippen molar-refractivity contribution in [1.29, 1.82) is 0 Å². The first-order chi connectivity index (χ1) is 20.8. The van der Waals surface area contributed by atoms with Gasteiger partial charge < -0.3 is 25.4 Å². The van der Waals surface area contributed by atoms with Gasteiger partial charge in [-0.05, 0) is 74.2 Å². The van der Waals surface area contributed by atoms with E-state index in [9.17, 15) is 14.7 Å². The third-order valence-corrected chi connectivity index (χ3v) is 8.87. The van der Waals surface area contributed by atoms with Crippen LogP contribution in [0, 0.1) is 6.92 Å². The van der Waals surface area contributed by atoms with Crippen molar-refractivity contribution >= 4 is 28.8 Å². The third-order valence-electron chi connectivity index (χ3n) is 7.81. The Balaban J connectivity index is 1.20. The zero-order valence-corrected chi connectivity index (χ0v) is 25.6. The van der Waals surface area contributed by atoms with Gasteiger partial charge in [0.25, 0.3) is 11.8 Å². The molecule has 0 unspecified atom stereocenters. The molecule has 1 fully saturated rings. The maximum atomic E-state index is 13.5. The van der Waals surface area contributed by atoms with Crippen molar-refractivity contribution in [2.75, 3.05) is 19.0 Å². The number of ether oxygens (including phenoxy) is 1. The molecule has 2 amide bonds. The van der Waals surface area contributed by atoms with Crippen LogP contribution in [0.5, 0.6) is 5.75 Å². The number of aliphatic hydroxyl groups excluding tert-OH is 1. The maximum Gasteiger partial charge on any atom is 0.254 e. The van der Waals surface area contributed by atoms with Gasteiger partial charge in [-0.3, -0.25) is 9.59 Å². The van der Waals surface area contributed by atoms with Gasteiger partial charge in [0.1, 0.15) is 10.8 Å². The molecule has 0 aliphatic carbocycles. The standard InChI is InChI=1S/C34H38N4O4S/c1-22-21-43-33(36-22)30-15-8-16-38(30)34(41)27-12-7-11-26(18-27)32(40)37-23(2)31(39)19-25-10-4-5-14-29(25)35-20-24-9-6-13-28(17-24)42-3/h4-7,9-14,17-18,21,23,30-31,35,39H,8,15-16,19-20H2,1-3H3,(H,37,40)/t23-,30+,31+/m0/s1. The molecule has 0 saturated carbocycles. The lowest BCUT2D eigenvalue weighted by Gasteiger charge is -2.24. The van der Waals surface area contributed by atoms with E-state index >= 15 is 0 Å². The molecule has 2 heterocycles. The van der Waals surface area contributed by atoms with E-state index < -0.39 is 12.1 Å². The number of amides is 2. The van der Waals surface area contributed by atoms with Gasteiger partial charge in [0, 0.05) is 47.4 Å². The minimum Gasteiger partial charge on any atom is -0.497 e. The predicted molar refractivity (Wildman–Crippen MR) is 170 cm³/mol. The first-order valence-corrected chi connectivity index (χ1v) is 15.5. The minimum absolute atomic E-state index is 0.0354. The fourth-order valence-electron chi connectivity index (χ4n) is 5.39. The Hall–Kier alpha value is -4.21. The molecule has 3 aromatic carbocycles. The van der Waals surface area contributed by atoms with E-state index in [1.807, 2.05) is 65.7 Å². The number of nitrogens with one attached hydrogen (secondary N) is 2. The molecular weight excluding hydrogens is 560 g/mol. The smallest absolute Gasteiger partial charge is 0.254 e. The zero-order valence-electron chi connectivity index (χ0n) is 24.7. The highest BCUT2D eigenvalue weighted by molar-refractivity contribution is 7.09. The number of anilines is 1. The van der Waals surface area contributed by atoms with Gasteiger partial charge in [-0.2, -0.15) is 0 Å². The van der Waals surface area contributed by atoms with Gasteiger partial charge in [0.05, 0.1) is 25.3 Å². The summed E-state index contributed by atoms with van der Waals surface area (Å²) in [6.07, 6.45) is 1.34. The van der Waals surface area contributed by atoms with Gasteiger partial charge in [0.2, 0.25) is 0 Å². The van der Waals surface area contributed by atoms with Gasteiger partial charge in [-0.25, -0.2) is 4.98 Å². The van der Waals surface area contributed by atoms with Crippen LogP contribution in [0.3, 0.4) is 0 Å². The van der Waals surface area contributed by atoms with Crippen LogP contribution in [0.4, 0.5) is 5.69 Å². The van der Waals surface area contributed by atoms with E-state index in [-0.39, 0.29) is 17.9 Å². The van der Waals surface area contributed by atoms with Crippen molar-refractivity contribution in [3.05, 3.63) is 111 Å². The van der Waals surface area contributed by atoms with Crippen molar-refractivity contribution in [1.82, 2.24) is 15.2 Å². The van der Waals surface area contributed by atoms with Gasteiger partial charge >= 0.3 is 0 Å². The number of nitrogens with zero attached hydrogens (tertiary/aromatic N) is 2. The Morgan fingerprint density at radius 1 is 1.09 bits per heavy atom. The fraction of sp³-hybridized carbons (Fsp3) is 0.324. The number of hydrogen-bond donors (Lipinski definition) is 3. The highest BCUT2D eigenvalue weighted by atomic mass is 32.1.